The minimum absolute atomic E-state index is 0.305. The molecule has 0 atom stereocenters. The Morgan fingerprint density at radius 1 is 1.11 bits per heavy atom. The van der Waals surface area contributed by atoms with Crippen LogP contribution in [0.5, 0.6) is 0 Å². The molecule has 4 nitrogen and oxygen atoms in total. The molecule has 1 heterocycles. The van der Waals surface area contributed by atoms with Crippen LogP contribution < -0.4 is 5.32 Å². The first kappa shape index (κ1) is 16.4. The SMILES string of the molecule is CCN(CC)C(=O)CCCN(CC)C1CC[N]CC1. The Bertz CT molecular complexity index is 248. The molecule has 111 valence electrons. The topological polar surface area (TPSA) is 37.7 Å². The Labute approximate surface area is 118 Å². The van der Waals surface area contributed by atoms with Crippen molar-refractivity contribution in [3.05, 3.63) is 0 Å². The molecule has 1 aliphatic heterocycles. The highest BCUT2D eigenvalue weighted by atomic mass is 16.2. The van der Waals surface area contributed by atoms with Crippen molar-refractivity contribution in [2.45, 2.75) is 52.5 Å². The van der Waals surface area contributed by atoms with Gasteiger partial charge in [-0.3, -0.25) is 4.79 Å². The Morgan fingerprint density at radius 2 is 1.74 bits per heavy atom. The highest BCUT2D eigenvalue weighted by Crippen LogP contribution is 2.13. The quantitative estimate of drug-likeness (QED) is 0.672. The zero-order valence-electron chi connectivity index (χ0n) is 12.9. The van der Waals surface area contributed by atoms with Crippen LogP contribution in [-0.4, -0.2) is 61.0 Å². The largest absolute Gasteiger partial charge is 0.343 e. The Morgan fingerprint density at radius 3 is 2.26 bits per heavy atom. The molecular formula is C15H30N3O. The molecule has 0 aromatic heterocycles. The Hall–Kier alpha value is -0.610. The van der Waals surface area contributed by atoms with Crippen LogP contribution >= 0.6 is 0 Å². The van der Waals surface area contributed by atoms with Crippen molar-refractivity contribution < 1.29 is 4.79 Å². The van der Waals surface area contributed by atoms with E-state index in [-0.39, 0.29) is 0 Å². The van der Waals surface area contributed by atoms with Gasteiger partial charge in [-0.25, -0.2) is 5.32 Å². The molecule has 1 rings (SSSR count). The highest BCUT2D eigenvalue weighted by Gasteiger charge is 2.20. The molecule has 0 aliphatic carbocycles. The van der Waals surface area contributed by atoms with Crippen LogP contribution in [0.25, 0.3) is 0 Å². The first-order chi connectivity index (χ1) is 9.22. The molecule has 0 aromatic rings. The van der Waals surface area contributed by atoms with E-state index in [4.69, 9.17) is 0 Å². The van der Waals surface area contributed by atoms with E-state index in [0.29, 0.717) is 18.4 Å². The lowest BCUT2D eigenvalue weighted by atomic mass is 10.0. The molecule has 4 heteroatoms. The number of amides is 1. The molecule has 1 saturated heterocycles. The molecule has 0 N–H and O–H groups in total. The molecule has 0 saturated carbocycles. The molecule has 0 unspecified atom stereocenters. The van der Waals surface area contributed by atoms with Gasteiger partial charge in [-0.15, -0.1) is 0 Å². The smallest absolute Gasteiger partial charge is 0.222 e. The fourth-order valence-corrected chi connectivity index (χ4v) is 2.87. The summed E-state index contributed by atoms with van der Waals surface area (Å²) in [5.41, 5.74) is 0. The van der Waals surface area contributed by atoms with Gasteiger partial charge < -0.3 is 9.80 Å². The van der Waals surface area contributed by atoms with E-state index in [2.05, 4.69) is 17.1 Å². The third-order valence-electron chi connectivity index (χ3n) is 4.12. The summed E-state index contributed by atoms with van der Waals surface area (Å²) in [6.45, 7) is 12.1. The fourth-order valence-electron chi connectivity index (χ4n) is 2.87. The molecule has 1 amide bonds. The van der Waals surface area contributed by atoms with E-state index in [1.807, 2.05) is 18.7 Å². The third kappa shape index (κ3) is 5.49. The number of hydrogen-bond donors (Lipinski definition) is 0. The number of piperidine rings is 1. The molecule has 19 heavy (non-hydrogen) atoms. The number of hydrogen-bond acceptors (Lipinski definition) is 2. The minimum Gasteiger partial charge on any atom is -0.343 e. The van der Waals surface area contributed by atoms with Crippen LogP contribution in [0.2, 0.25) is 0 Å². The van der Waals surface area contributed by atoms with Crippen LogP contribution in [-0.2, 0) is 4.79 Å². The first-order valence-corrected chi connectivity index (χ1v) is 7.87. The lowest BCUT2D eigenvalue weighted by Crippen LogP contribution is -2.42. The predicted octanol–water partition coefficient (Wildman–Crippen LogP) is 1.72. The van der Waals surface area contributed by atoms with E-state index in [0.717, 1.165) is 45.7 Å². The van der Waals surface area contributed by atoms with Gasteiger partial charge in [0.15, 0.2) is 0 Å². The summed E-state index contributed by atoms with van der Waals surface area (Å²) in [6.07, 6.45) is 4.06. The average Bonchev–Trinajstić information content (AvgIpc) is 2.46. The van der Waals surface area contributed by atoms with Crippen LogP contribution in [0.1, 0.15) is 46.5 Å². The summed E-state index contributed by atoms with van der Waals surface area (Å²) in [7, 11) is 0. The fraction of sp³-hybridized carbons (Fsp3) is 0.933. The van der Waals surface area contributed by atoms with Gasteiger partial charge in [0.2, 0.25) is 5.91 Å². The molecule has 1 aliphatic rings. The second kappa shape index (κ2) is 9.32. The monoisotopic (exact) mass is 268 g/mol. The standard InChI is InChI=1S/C15H30N3O/c1-4-17(5-2)15(19)8-7-13-18(6-3)14-9-11-16-12-10-14/h14H,4-13H2,1-3H3. The van der Waals surface area contributed by atoms with Gasteiger partial charge in [-0.05, 0) is 46.2 Å². The van der Waals surface area contributed by atoms with E-state index in [1.165, 1.54) is 12.8 Å². The highest BCUT2D eigenvalue weighted by molar-refractivity contribution is 5.76. The van der Waals surface area contributed by atoms with E-state index in [1.54, 1.807) is 0 Å². The summed E-state index contributed by atoms with van der Waals surface area (Å²) in [6, 6.07) is 0.686. The molecule has 0 aromatic carbocycles. The third-order valence-corrected chi connectivity index (χ3v) is 4.12. The predicted molar refractivity (Wildman–Crippen MR) is 79.3 cm³/mol. The average molecular weight is 268 g/mol. The van der Waals surface area contributed by atoms with E-state index in [9.17, 15) is 4.79 Å². The second-order valence-electron chi connectivity index (χ2n) is 5.20. The molecule has 1 radical (unpaired) electrons. The maximum Gasteiger partial charge on any atom is 0.222 e. The van der Waals surface area contributed by atoms with Crippen molar-refractivity contribution >= 4 is 5.91 Å². The summed E-state index contributed by atoms with van der Waals surface area (Å²) in [5, 5.41) is 4.41. The summed E-state index contributed by atoms with van der Waals surface area (Å²) in [5.74, 6) is 0.305. The normalized spacial score (nSPS) is 16.8. The van der Waals surface area contributed by atoms with Gasteiger partial charge >= 0.3 is 0 Å². The molecule has 0 spiro atoms. The molecule has 1 fully saturated rings. The summed E-state index contributed by atoms with van der Waals surface area (Å²) >= 11 is 0. The van der Waals surface area contributed by atoms with Crippen molar-refractivity contribution in [1.29, 1.82) is 0 Å². The number of carbonyl (C=O) groups is 1. The first-order valence-electron chi connectivity index (χ1n) is 7.87. The van der Waals surface area contributed by atoms with Gasteiger partial charge in [0.25, 0.3) is 0 Å². The zero-order chi connectivity index (χ0) is 14.1. The van der Waals surface area contributed by atoms with Crippen molar-refractivity contribution in [1.82, 2.24) is 15.1 Å². The van der Waals surface area contributed by atoms with Crippen LogP contribution in [0, 0.1) is 0 Å². The molecule has 0 bridgehead atoms. The van der Waals surface area contributed by atoms with Crippen molar-refractivity contribution in [3.8, 4) is 0 Å². The number of rotatable bonds is 8. The van der Waals surface area contributed by atoms with Crippen LogP contribution in [0.3, 0.4) is 0 Å². The second-order valence-corrected chi connectivity index (χ2v) is 5.20. The Balaban J connectivity index is 2.27. The lowest BCUT2D eigenvalue weighted by Gasteiger charge is -2.33. The van der Waals surface area contributed by atoms with E-state index >= 15 is 0 Å². The van der Waals surface area contributed by atoms with Crippen LogP contribution in [0.4, 0.5) is 0 Å². The van der Waals surface area contributed by atoms with Gasteiger partial charge in [0, 0.05) is 38.6 Å². The molecular weight excluding hydrogens is 238 g/mol. The maximum absolute atomic E-state index is 11.9. The minimum atomic E-state index is 0.305. The van der Waals surface area contributed by atoms with Crippen molar-refractivity contribution in [3.63, 3.8) is 0 Å². The number of nitrogens with zero attached hydrogens (tertiary/aromatic N) is 3. The van der Waals surface area contributed by atoms with Gasteiger partial charge in [-0.1, -0.05) is 6.92 Å². The Kier molecular flexibility index (Phi) is 8.07. The number of carbonyl (C=O) groups excluding carboxylic acids is 1. The van der Waals surface area contributed by atoms with Gasteiger partial charge in [0.05, 0.1) is 0 Å². The summed E-state index contributed by atoms with van der Waals surface area (Å²) < 4.78 is 0. The zero-order valence-corrected chi connectivity index (χ0v) is 12.9. The van der Waals surface area contributed by atoms with Gasteiger partial charge in [0.1, 0.15) is 0 Å². The lowest BCUT2D eigenvalue weighted by molar-refractivity contribution is -0.131. The summed E-state index contributed by atoms with van der Waals surface area (Å²) in [4.78, 5) is 16.4. The van der Waals surface area contributed by atoms with Crippen molar-refractivity contribution in [2.75, 3.05) is 39.3 Å². The van der Waals surface area contributed by atoms with E-state index < -0.39 is 0 Å². The van der Waals surface area contributed by atoms with Gasteiger partial charge in [-0.2, -0.15) is 0 Å². The maximum atomic E-state index is 11.9. The van der Waals surface area contributed by atoms with Crippen molar-refractivity contribution in [2.24, 2.45) is 0 Å². The van der Waals surface area contributed by atoms with Crippen LogP contribution in [0.15, 0.2) is 0 Å².